The Morgan fingerprint density at radius 3 is 2.71 bits per heavy atom. The van der Waals surface area contributed by atoms with Crippen LogP contribution in [-0.4, -0.2) is 36.0 Å². The fraction of sp³-hybridized carbons (Fsp3) is 0.500. The molecule has 0 spiro atoms. The van der Waals surface area contributed by atoms with E-state index in [0.717, 1.165) is 24.1 Å². The third-order valence-corrected chi connectivity index (χ3v) is 3.65. The van der Waals surface area contributed by atoms with Crippen molar-refractivity contribution in [3.05, 3.63) is 29.8 Å². The molecule has 2 amide bonds. The lowest BCUT2D eigenvalue weighted by molar-refractivity contribution is -0.138. The largest absolute Gasteiger partial charge is 0.325 e. The Morgan fingerprint density at radius 2 is 2.10 bits per heavy atom. The maximum absolute atomic E-state index is 12.0. The molecule has 0 bridgehead atoms. The quantitative estimate of drug-likeness (QED) is 0.870. The van der Waals surface area contributed by atoms with Crippen molar-refractivity contribution in [2.24, 2.45) is 0 Å². The number of rotatable bonds is 5. The van der Waals surface area contributed by atoms with Gasteiger partial charge in [-0.25, -0.2) is 0 Å². The van der Waals surface area contributed by atoms with Crippen LogP contribution in [0, 0.1) is 6.92 Å². The summed E-state index contributed by atoms with van der Waals surface area (Å²) >= 11 is 0. The molecule has 1 heterocycles. The fourth-order valence-electron chi connectivity index (χ4n) is 2.45. The van der Waals surface area contributed by atoms with Gasteiger partial charge in [0, 0.05) is 18.2 Å². The molecule has 5 nitrogen and oxygen atoms in total. The third-order valence-electron chi connectivity index (χ3n) is 3.65. The first-order valence-electron chi connectivity index (χ1n) is 7.46. The number of benzene rings is 1. The van der Waals surface area contributed by atoms with E-state index in [4.69, 9.17) is 0 Å². The lowest BCUT2D eigenvalue weighted by Gasteiger charge is -2.32. The number of carbonyl (C=O) groups is 2. The highest BCUT2D eigenvalue weighted by Crippen LogP contribution is 2.11. The molecule has 21 heavy (non-hydrogen) atoms. The van der Waals surface area contributed by atoms with Crippen molar-refractivity contribution in [3.63, 3.8) is 0 Å². The lowest BCUT2D eigenvalue weighted by atomic mass is 10.1. The van der Waals surface area contributed by atoms with Gasteiger partial charge in [0.1, 0.15) is 6.54 Å². The molecule has 1 fully saturated rings. The molecule has 0 aliphatic carbocycles. The van der Waals surface area contributed by atoms with E-state index in [-0.39, 0.29) is 24.4 Å². The molecule has 1 aliphatic rings. The first kappa shape index (κ1) is 15.5. The Balaban J connectivity index is 1.83. The molecule has 2 N–H and O–H groups in total. The molecular formula is C16H23N3O2. The van der Waals surface area contributed by atoms with Gasteiger partial charge in [-0.3, -0.25) is 14.9 Å². The van der Waals surface area contributed by atoms with Crippen LogP contribution < -0.4 is 10.6 Å². The maximum atomic E-state index is 12.0. The number of hydrogen-bond donors (Lipinski definition) is 2. The van der Waals surface area contributed by atoms with Crippen molar-refractivity contribution in [2.75, 3.05) is 18.5 Å². The van der Waals surface area contributed by atoms with E-state index >= 15 is 0 Å². The first-order chi connectivity index (χ1) is 10.1. The molecule has 114 valence electrons. The van der Waals surface area contributed by atoms with Crippen LogP contribution in [0.2, 0.25) is 0 Å². The third kappa shape index (κ3) is 4.56. The summed E-state index contributed by atoms with van der Waals surface area (Å²) in [6.45, 7) is 4.65. The zero-order chi connectivity index (χ0) is 15.2. The van der Waals surface area contributed by atoms with Crippen LogP contribution in [0.15, 0.2) is 24.3 Å². The van der Waals surface area contributed by atoms with Gasteiger partial charge in [-0.05, 0) is 25.5 Å². The smallest absolute Gasteiger partial charge is 0.244 e. The van der Waals surface area contributed by atoms with Crippen LogP contribution in [-0.2, 0) is 9.59 Å². The van der Waals surface area contributed by atoms with Crippen molar-refractivity contribution in [1.82, 2.24) is 10.2 Å². The van der Waals surface area contributed by atoms with Gasteiger partial charge < -0.3 is 10.2 Å². The number of hydrogen-bond acceptors (Lipinski definition) is 3. The average Bonchev–Trinajstić information content (AvgIpc) is 2.45. The summed E-state index contributed by atoms with van der Waals surface area (Å²) in [4.78, 5) is 25.6. The van der Waals surface area contributed by atoms with Gasteiger partial charge in [0.05, 0.1) is 6.67 Å². The molecule has 1 aromatic rings. The van der Waals surface area contributed by atoms with Crippen LogP contribution in [0.5, 0.6) is 0 Å². The minimum Gasteiger partial charge on any atom is -0.325 e. The highest BCUT2D eigenvalue weighted by atomic mass is 16.2. The first-order valence-corrected chi connectivity index (χ1v) is 7.46. The standard InChI is InChI=1S/C16H23N3O2/c1-3-4-14-9-16(21)19(11-17-14)10-15(20)18-13-7-5-12(2)6-8-13/h5-8,14,17H,3-4,9-11H2,1-2H3,(H,18,20). The minimum absolute atomic E-state index is 0.0475. The molecule has 1 saturated heterocycles. The van der Waals surface area contributed by atoms with E-state index in [9.17, 15) is 9.59 Å². The summed E-state index contributed by atoms with van der Waals surface area (Å²) in [5, 5.41) is 6.12. The van der Waals surface area contributed by atoms with Crippen molar-refractivity contribution in [1.29, 1.82) is 0 Å². The predicted octanol–water partition coefficient (Wildman–Crippen LogP) is 1.88. The molecule has 0 aromatic heterocycles. The van der Waals surface area contributed by atoms with Gasteiger partial charge in [0.15, 0.2) is 0 Å². The van der Waals surface area contributed by atoms with Gasteiger partial charge in [-0.2, -0.15) is 0 Å². The number of aryl methyl sites for hydroxylation is 1. The summed E-state index contributed by atoms with van der Waals surface area (Å²) < 4.78 is 0. The molecule has 1 atom stereocenters. The topological polar surface area (TPSA) is 61.4 Å². The van der Waals surface area contributed by atoms with Crippen LogP contribution in [0.25, 0.3) is 0 Å². The monoisotopic (exact) mass is 289 g/mol. The molecule has 1 aromatic carbocycles. The summed E-state index contributed by atoms with van der Waals surface area (Å²) in [5.74, 6) is -0.116. The van der Waals surface area contributed by atoms with Crippen LogP contribution in [0.1, 0.15) is 31.7 Å². The van der Waals surface area contributed by atoms with Crippen LogP contribution in [0.3, 0.4) is 0 Å². The maximum Gasteiger partial charge on any atom is 0.244 e. The molecule has 0 saturated carbocycles. The second-order valence-electron chi connectivity index (χ2n) is 5.56. The van der Waals surface area contributed by atoms with E-state index in [1.165, 1.54) is 0 Å². The van der Waals surface area contributed by atoms with E-state index in [0.29, 0.717) is 13.1 Å². The normalized spacial score (nSPS) is 18.7. The van der Waals surface area contributed by atoms with E-state index in [1.54, 1.807) is 4.90 Å². The van der Waals surface area contributed by atoms with E-state index in [1.807, 2.05) is 31.2 Å². The summed E-state index contributed by atoms with van der Waals surface area (Å²) in [6, 6.07) is 7.86. The zero-order valence-electron chi connectivity index (χ0n) is 12.7. The Hall–Kier alpha value is -1.88. The van der Waals surface area contributed by atoms with Gasteiger partial charge in [-0.1, -0.05) is 31.0 Å². The molecular weight excluding hydrogens is 266 g/mol. The van der Waals surface area contributed by atoms with Gasteiger partial charge in [-0.15, -0.1) is 0 Å². The van der Waals surface area contributed by atoms with Crippen LogP contribution >= 0.6 is 0 Å². The second kappa shape index (κ2) is 7.22. The predicted molar refractivity (Wildman–Crippen MR) is 82.8 cm³/mol. The Labute approximate surface area is 125 Å². The van der Waals surface area contributed by atoms with E-state index in [2.05, 4.69) is 17.6 Å². The van der Waals surface area contributed by atoms with Crippen LogP contribution in [0.4, 0.5) is 5.69 Å². The molecule has 0 radical (unpaired) electrons. The average molecular weight is 289 g/mol. The van der Waals surface area contributed by atoms with Crippen molar-refractivity contribution >= 4 is 17.5 Å². The molecule has 1 aliphatic heterocycles. The summed E-state index contributed by atoms with van der Waals surface area (Å²) in [6.07, 6.45) is 2.53. The number of carbonyl (C=O) groups excluding carboxylic acids is 2. The lowest BCUT2D eigenvalue weighted by Crippen LogP contribution is -2.52. The summed E-state index contributed by atoms with van der Waals surface area (Å²) in [7, 11) is 0. The Morgan fingerprint density at radius 1 is 1.38 bits per heavy atom. The Kier molecular flexibility index (Phi) is 5.33. The zero-order valence-corrected chi connectivity index (χ0v) is 12.7. The number of nitrogens with zero attached hydrogens (tertiary/aromatic N) is 1. The molecule has 2 rings (SSSR count). The van der Waals surface area contributed by atoms with Crippen molar-refractivity contribution in [3.8, 4) is 0 Å². The SMILES string of the molecule is CCCC1CC(=O)N(CC(=O)Nc2ccc(C)cc2)CN1. The van der Waals surface area contributed by atoms with Gasteiger partial charge in [0.2, 0.25) is 11.8 Å². The minimum atomic E-state index is -0.164. The fourth-order valence-corrected chi connectivity index (χ4v) is 2.45. The second-order valence-corrected chi connectivity index (χ2v) is 5.56. The number of amides is 2. The van der Waals surface area contributed by atoms with Crippen molar-refractivity contribution in [2.45, 2.75) is 39.2 Å². The van der Waals surface area contributed by atoms with Gasteiger partial charge in [0.25, 0.3) is 0 Å². The Bertz CT molecular complexity index is 499. The van der Waals surface area contributed by atoms with Gasteiger partial charge >= 0.3 is 0 Å². The molecule has 5 heteroatoms. The summed E-state index contributed by atoms with van der Waals surface area (Å²) in [5.41, 5.74) is 1.90. The number of anilines is 1. The number of nitrogens with one attached hydrogen (secondary N) is 2. The highest BCUT2D eigenvalue weighted by molar-refractivity contribution is 5.94. The van der Waals surface area contributed by atoms with Crippen molar-refractivity contribution < 1.29 is 9.59 Å². The van der Waals surface area contributed by atoms with E-state index < -0.39 is 0 Å². The highest BCUT2D eigenvalue weighted by Gasteiger charge is 2.25. The molecule has 1 unspecified atom stereocenters.